The van der Waals surface area contributed by atoms with Crippen LogP contribution in [0, 0.1) is 33.6 Å². The van der Waals surface area contributed by atoms with Gasteiger partial charge in [0, 0.05) is 47.8 Å². The van der Waals surface area contributed by atoms with Gasteiger partial charge in [-0.25, -0.2) is 0 Å². The molecule has 2 heterocycles. The van der Waals surface area contributed by atoms with Crippen LogP contribution in [0.15, 0.2) is 16.9 Å². The van der Waals surface area contributed by atoms with Crippen LogP contribution in [0.4, 0.5) is 0 Å². The van der Waals surface area contributed by atoms with Crippen LogP contribution in [0.1, 0.15) is 70.9 Å². The average Bonchev–Trinajstić information content (AvgIpc) is 3.10. The Morgan fingerprint density at radius 1 is 1.09 bits per heavy atom. The first-order chi connectivity index (χ1) is 15.1. The summed E-state index contributed by atoms with van der Waals surface area (Å²) in [5, 5.41) is 2.90. The van der Waals surface area contributed by atoms with Gasteiger partial charge in [0.2, 0.25) is 0 Å². The molecule has 0 radical (unpaired) electrons. The Morgan fingerprint density at radius 3 is 2.41 bits per heavy atom. The fourth-order valence-corrected chi connectivity index (χ4v) is 4.95. The van der Waals surface area contributed by atoms with Gasteiger partial charge in [-0.15, -0.1) is 0 Å². The molecular weight excluding hydrogens is 406 g/mol. The molecule has 1 saturated carbocycles. The zero-order valence-corrected chi connectivity index (χ0v) is 19.6. The molecule has 4 rings (SSSR count). The van der Waals surface area contributed by atoms with Crippen molar-refractivity contribution in [3.63, 3.8) is 0 Å². The first-order valence-corrected chi connectivity index (χ1v) is 11.3. The number of ether oxygens (including phenoxy) is 2. The molecule has 1 atom stereocenters. The maximum Gasteiger partial charge on any atom is 0.253 e. The van der Waals surface area contributed by atoms with Crippen LogP contribution in [-0.2, 0) is 6.54 Å². The standard InChI is InChI=1S/C25H33N3O4/c1-13-10-15(3)28-24(30)20(13)12-27-23(29)19-11-14(2)21-22(16(19)4)32-25(5,31-21)17-6-8-18(26)9-7-17/h10-11,17-18H,6-9,12,26H2,1-5H3,(H,27,29)(H,28,30). The van der Waals surface area contributed by atoms with E-state index in [9.17, 15) is 9.59 Å². The topological polar surface area (TPSA) is 106 Å². The van der Waals surface area contributed by atoms with Crippen LogP contribution >= 0.6 is 0 Å². The highest BCUT2D eigenvalue weighted by molar-refractivity contribution is 5.97. The van der Waals surface area contributed by atoms with E-state index in [4.69, 9.17) is 15.2 Å². The molecule has 2 aromatic rings. The number of hydrogen-bond donors (Lipinski definition) is 3. The van der Waals surface area contributed by atoms with Gasteiger partial charge in [-0.2, -0.15) is 0 Å². The Balaban J connectivity index is 1.55. The van der Waals surface area contributed by atoms with Crippen molar-refractivity contribution in [3.05, 3.63) is 56.0 Å². The largest absolute Gasteiger partial charge is 0.448 e. The van der Waals surface area contributed by atoms with E-state index in [1.54, 1.807) is 0 Å². The predicted octanol–water partition coefficient (Wildman–Crippen LogP) is 3.54. The summed E-state index contributed by atoms with van der Waals surface area (Å²) in [7, 11) is 0. The van der Waals surface area contributed by atoms with Gasteiger partial charge in [0.1, 0.15) is 0 Å². The van der Waals surface area contributed by atoms with Crippen LogP contribution in [0.5, 0.6) is 11.5 Å². The number of nitrogens with one attached hydrogen (secondary N) is 2. The van der Waals surface area contributed by atoms with E-state index >= 15 is 0 Å². The minimum Gasteiger partial charge on any atom is -0.448 e. The fourth-order valence-electron chi connectivity index (χ4n) is 4.95. The number of aromatic nitrogens is 1. The number of nitrogens with two attached hydrogens (primary N) is 1. The molecule has 1 aliphatic carbocycles. The summed E-state index contributed by atoms with van der Waals surface area (Å²) in [6.07, 6.45) is 3.85. The second-order valence-electron chi connectivity index (χ2n) is 9.48. The molecule has 7 nitrogen and oxygen atoms in total. The predicted molar refractivity (Wildman–Crippen MR) is 123 cm³/mol. The first-order valence-electron chi connectivity index (χ1n) is 11.3. The maximum atomic E-state index is 13.0. The van der Waals surface area contributed by atoms with Crippen LogP contribution in [0.25, 0.3) is 0 Å². The molecular formula is C25H33N3O4. The zero-order valence-electron chi connectivity index (χ0n) is 19.6. The average molecular weight is 440 g/mol. The van der Waals surface area contributed by atoms with Gasteiger partial charge < -0.3 is 25.5 Å². The SMILES string of the molecule is Cc1cc(C)c(CNC(=O)c2cc(C)c3c(c2C)OC(C)(C2CCC(N)CC2)O3)c(=O)[nH]1. The van der Waals surface area contributed by atoms with E-state index < -0.39 is 5.79 Å². The molecule has 0 saturated heterocycles. The number of pyridine rings is 1. The number of fused-ring (bicyclic) bond motifs is 1. The number of hydrogen-bond acceptors (Lipinski definition) is 5. The van der Waals surface area contributed by atoms with E-state index in [0.717, 1.165) is 48.1 Å². The van der Waals surface area contributed by atoms with E-state index in [-0.39, 0.29) is 30.0 Å². The van der Waals surface area contributed by atoms with Crippen molar-refractivity contribution in [1.82, 2.24) is 10.3 Å². The lowest BCUT2D eigenvalue weighted by molar-refractivity contribution is -0.121. The number of aromatic amines is 1. The monoisotopic (exact) mass is 439 g/mol. The molecule has 4 N–H and O–H groups in total. The van der Waals surface area contributed by atoms with Crippen molar-refractivity contribution in [3.8, 4) is 11.5 Å². The van der Waals surface area contributed by atoms with Crippen molar-refractivity contribution in [2.75, 3.05) is 0 Å². The number of rotatable bonds is 4. The summed E-state index contributed by atoms with van der Waals surface area (Å²) in [5.41, 5.74) is 10.2. The minimum atomic E-state index is -0.751. The first kappa shape index (κ1) is 22.4. The Labute approximate surface area is 188 Å². The smallest absolute Gasteiger partial charge is 0.253 e. The van der Waals surface area contributed by atoms with Gasteiger partial charge in [-0.05, 0) is 76.6 Å². The quantitative estimate of drug-likeness (QED) is 0.676. The number of H-pyrrole nitrogens is 1. The highest BCUT2D eigenvalue weighted by Gasteiger charge is 2.46. The van der Waals surface area contributed by atoms with E-state index in [0.29, 0.717) is 22.6 Å². The van der Waals surface area contributed by atoms with Crippen molar-refractivity contribution in [2.45, 2.75) is 78.7 Å². The Bertz CT molecular complexity index is 1120. The summed E-state index contributed by atoms with van der Waals surface area (Å²) in [6.45, 7) is 9.66. The van der Waals surface area contributed by atoms with Crippen LogP contribution < -0.4 is 26.1 Å². The number of carbonyl (C=O) groups is 1. The molecule has 0 bridgehead atoms. The van der Waals surface area contributed by atoms with E-state index in [1.165, 1.54) is 0 Å². The highest BCUT2D eigenvalue weighted by atomic mass is 16.7. The lowest BCUT2D eigenvalue weighted by Crippen LogP contribution is -2.46. The third kappa shape index (κ3) is 4.01. The lowest BCUT2D eigenvalue weighted by Gasteiger charge is -2.36. The number of carbonyl (C=O) groups excluding carboxylic acids is 1. The van der Waals surface area contributed by atoms with Gasteiger partial charge in [-0.1, -0.05) is 0 Å². The number of aryl methyl sites for hydroxylation is 3. The van der Waals surface area contributed by atoms with Crippen LogP contribution in [0.2, 0.25) is 0 Å². The van der Waals surface area contributed by atoms with E-state index in [2.05, 4.69) is 10.3 Å². The van der Waals surface area contributed by atoms with Crippen LogP contribution in [-0.4, -0.2) is 22.7 Å². The normalized spacial score (nSPS) is 24.4. The Kier molecular flexibility index (Phi) is 5.79. The summed E-state index contributed by atoms with van der Waals surface area (Å²) in [4.78, 5) is 28.1. The molecule has 0 spiro atoms. The Morgan fingerprint density at radius 2 is 1.75 bits per heavy atom. The summed E-state index contributed by atoms with van der Waals surface area (Å²) in [5.74, 6) is 0.606. The van der Waals surface area contributed by atoms with Gasteiger partial charge in [0.25, 0.3) is 17.3 Å². The molecule has 1 unspecified atom stereocenters. The van der Waals surface area contributed by atoms with Crippen molar-refractivity contribution in [2.24, 2.45) is 11.7 Å². The van der Waals surface area contributed by atoms with Gasteiger partial charge in [0.05, 0.1) is 0 Å². The molecule has 32 heavy (non-hydrogen) atoms. The zero-order chi connectivity index (χ0) is 23.2. The van der Waals surface area contributed by atoms with Crippen molar-refractivity contribution >= 4 is 5.91 Å². The number of benzene rings is 1. The minimum absolute atomic E-state index is 0.160. The molecule has 1 amide bonds. The molecule has 2 aliphatic rings. The molecule has 7 heteroatoms. The summed E-state index contributed by atoms with van der Waals surface area (Å²) in [6, 6.07) is 3.99. The molecule has 1 aromatic carbocycles. The molecule has 1 aliphatic heterocycles. The van der Waals surface area contributed by atoms with Gasteiger partial charge >= 0.3 is 0 Å². The summed E-state index contributed by atoms with van der Waals surface area (Å²) < 4.78 is 12.7. The maximum absolute atomic E-state index is 13.0. The number of amides is 1. The second-order valence-corrected chi connectivity index (χ2v) is 9.48. The Hall–Kier alpha value is -2.80. The van der Waals surface area contributed by atoms with Crippen LogP contribution in [0.3, 0.4) is 0 Å². The van der Waals surface area contributed by atoms with Gasteiger partial charge in [-0.3, -0.25) is 9.59 Å². The molecule has 1 fully saturated rings. The molecule has 172 valence electrons. The van der Waals surface area contributed by atoms with Gasteiger partial charge in [0.15, 0.2) is 11.5 Å². The fraction of sp³-hybridized carbons (Fsp3) is 0.520. The van der Waals surface area contributed by atoms with Crippen molar-refractivity contribution < 1.29 is 14.3 Å². The third-order valence-corrected chi connectivity index (χ3v) is 6.96. The summed E-state index contributed by atoms with van der Waals surface area (Å²) >= 11 is 0. The second kappa shape index (κ2) is 8.28. The third-order valence-electron chi connectivity index (χ3n) is 6.96. The van der Waals surface area contributed by atoms with Crippen molar-refractivity contribution in [1.29, 1.82) is 0 Å². The molecule has 1 aromatic heterocycles. The lowest BCUT2D eigenvalue weighted by atomic mass is 9.81. The highest BCUT2D eigenvalue weighted by Crippen LogP contribution is 2.49. The van der Waals surface area contributed by atoms with E-state index in [1.807, 2.05) is 46.8 Å².